The molecule has 0 fully saturated rings. The van der Waals surface area contributed by atoms with Gasteiger partial charge in [-0.3, -0.25) is 14.9 Å². The first kappa shape index (κ1) is 16.4. The van der Waals surface area contributed by atoms with E-state index in [0.29, 0.717) is 6.07 Å². The summed E-state index contributed by atoms with van der Waals surface area (Å²) < 4.78 is 36.7. The minimum absolute atomic E-state index is 0.0495. The lowest BCUT2D eigenvalue weighted by molar-refractivity contribution is -0.141. The first-order chi connectivity index (χ1) is 9.68. The molecule has 114 valence electrons. The molecule has 1 aromatic rings. The third-order valence-corrected chi connectivity index (χ3v) is 2.13. The van der Waals surface area contributed by atoms with Crippen LogP contribution in [0, 0.1) is 0 Å². The number of rotatable bonds is 4. The van der Waals surface area contributed by atoms with Gasteiger partial charge in [-0.05, 0) is 12.1 Å². The molecule has 0 saturated heterocycles. The molecule has 10 heteroatoms. The highest BCUT2D eigenvalue weighted by atomic mass is 19.4. The van der Waals surface area contributed by atoms with Gasteiger partial charge in [-0.15, -0.1) is 0 Å². The Balaban J connectivity index is 2.51. The van der Waals surface area contributed by atoms with Crippen LogP contribution in [0.25, 0.3) is 0 Å². The molecule has 3 N–H and O–H groups in total. The zero-order chi connectivity index (χ0) is 16.0. The molecule has 0 aromatic carbocycles. The quantitative estimate of drug-likeness (QED) is 0.783. The molecule has 3 amide bonds. The maximum absolute atomic E-state index is 12.2. The smallest absolute Gasteiger partial charge is 0.433 e. The predicted molar refractivity (Wildman–Crippen MR) is 63.3 cm³/mol. The topological polar surface area (TPSA) is 108 Å². The summed E-state index contributed by atoms with van der Waals surface area (Å²) in [5.41, 5.74) is -1.17. The molecule has 0 aliphatic heterocycles. The molecule has 0 aliphatic rings. The lowest BCUT2D eigenvalue weighted by Crippen LogP contribution is -2.34. The average molecular weight is 305 g/mol. The van der Waals surface area contributed by atoms with Crippen LogP contribution in [-0.4, -0.2) is 28.0 Å². The molecular formula is C11H10F3N3O4. The summed E-state index contributed by atoms with van der Waals surface area (Å²) >= 11 is 0. The highest BCUT2D eigenvalue weighted by molar-refractivity contribution is 6.01. The van der Waals surface area contributed by atoms with Crippen LogP contribution in [0.2, 0.25) is 0 Å². The van der Waals surface area contributed by atoms with Gasteiger partial charge in [0.15, 0.2) is 0 Å². The Kier molecular flexibility index (Phi) is 5.22. The van der Waals surface area contributed by atoms with Crippen LogP contribution >= 0.6 is 0 Å². The van der Waals surface area contributed by atoms with Crippen LogP contribution < -0.4 is 10.6 Å². The van der Waals surface area contributed by atoms with E-state index in [0.717, 1.165) is 12.3 Å². The van der Waals surface area contributed by atoms with Gasteiger partial charge in [0.05, 0.1) is 18.3 Å². The Labute approximate surface area is 116 Å². The number of hydrogen-bond acceptors (Lipinski definition) is 4. The number of urea groups is 1. The number of pyridine rings is 1. The minimum Gasteiger partial charge on any atom is -0.481 e. The summed E-state index contributed by atoms with van der Waals surface area (Å²) in [7, 11) is 0. The predicted octanol–water partition coefficient (Wildman–Crippen LogP) is 1.61. The van der Waals surface area contributed by atoms with E-state index in [1.165, 1.54) is 0 Å². The molecule has 0 unspecified atom stereocenters. The van der Waals surface area contributed by atoms with E-state index in [1.807, 2.05) is 5.32 Å². The van der Waals surface area contributed by atoms with Crippen LogP contribution in [0.4, 0.5) is 23.7 Å². The van der Waals surface area contributed by atoms with E-state index < -0.39 is 42.6 Å². The van der Waals surface area contributed by atoms with E-state index in [1.54, 1.807) is 0 Å². The van der Waals surface area contributed by atoms with E-state index in [4.69, 9.17) is 5.11 Å². The van der Waals surface area contributed by atoms with Crippen molar-refractivity contribution >= 4 is 23.6 Å². The summed E-state index contributed by atoms with van der Waals surface area (Å²) in [5.74, 6) is -2.02. The van der Waals surface area contributed by atoms with Gasteiger partial charge >= 0.3 is 18.2 Å². The van der Waals surface area contributed by atoms with Crippen molar-refractivity contribution in [2.45, 2.75) is 19.0 Å². The zero-order valence-corrected chi connectivity index (χ0v) is 10.4. The van der Waals surface area contributed by atoms with Gasteiger partial charge in [0.25, 0.3) is 0 Å². The summed E-state index contributed by atoms with van der Waals surface area (Å²) in [6.45, 7) is 0. The number of imide groups is 1. The fourth-order valence-electron chi connectivity index (χ4n) is 1.21. The molecule has 0 bridgehead atoms. The number of alkyl halides is 3. The SMILES string of the molecule is O=C(O)CCC(=O)NC(=O)Nc1ccc(C(F)(F)F)nc1. The molecule has 0 aliphatic carbocycles. The number of carbonyl (C=O) groups is 3. The Morgan fingerprint density at radius 1 is 1.19 bits per heavy atom. The molecule has 0 spiro atoms. The first-order valence-corrected chi connectivity index (χ1v) is 5.54. The van der Waals surface area contributed by atoms with Gasteiger partial charge in [-0.2, -0.15) is 13.2 Å². The van der Waals surface area contributed by atoms with Gasteiger partial charge in [0.1, 0.15) is 5.69 Å². The van der Waals surface area contributed by atoms with Crippen LogP contribution in [0.15, 0.2) is 18.3 Å². The van der Waals surface area contributed by atoms with Gasteiger partial charge < -0.3 is 10.4 Å². The molecule has 1 heterocycles. The van der Waals surface area contributed by atoms with Crippen LogP contribution in [0.1, 0.15) is 18.5 Å². The molecule has 1 rings (SSSR count). The third-order valence-electron chi connectivity index (χ3n) is 2.13. The van der Waals surface area contributed by atoms with Crippen LogP contribution in [-0.2, 0) is 15.8 Å². The number of carbonyl (C=O) groups excluding carboxylic acids is 2. The monoisotopic (exact) mass is 305 g/mol. The minimum atomic E-state index is -4.59. The summed E-state index contributed by atoms with van der Waals surface area (Å²) in [4.78, 5) is 35.8. The fraction of sp³-hybridized carbons (Fsp3) is 0.273. The summed E-state index contributed by atoms with van der Waals surface area (Å²) in [6.07, 6.45) is -4.65. The Hall–Kier alpha value is -2.65. The maximum atomic E-state index is 12.2. The van der Waals surface area contributed by atoms with E-state index in [9.17, 15) is 27.6 Å². The lowest BCUT2D eigenvalue weighted by Gasteiger charge is -2.08. The van der Waals surface area contributed by atoms with Crippen molar-refractivity contribution in [3.8, 4) is 0 Å². The lowest BCUT2D eigenvalue weighted by atomic mass is 10.3. The van der Waals surface area contributed by atoms with Gasteiger partial charge in [0, 0.05) is 6.42 Å². The highest BCUT2D eigenvalue weighted by Crippen LogP contribution is 2.27. The Bertz CT molecular complexity index is 543. The summed E-state index contributed by atoms with van der Waals surface area (Å²) in [6, 6.07) is 0.644. The average Bonchev–Trinajstić information content (AvgIpc) is 2.35. The second-order valence-electron chi connectivity index (χ2n) is 3.83. The Morgan fingerprint density at radius 3 is 2.33 bits per heavy atom. The second kappa shape index (κ2) is 6.68. The van der Waals surface area contributed by atoms with Crippen molar-refractivity contribution in [2.75, 3.05) is 5.32 Å². The molecular weight excluding hydrogens is 295 g/mol. The number of halogens is 3. The van der Waals surface area contributed by atoms with Crippen molar-refractivity contribution in [3.63, 3.8) is 0 Å². The third kappa shape index (κ3) is 5.89. The van der Waals surface area contributed by atoms with Crippen molar-refractivity contribution in [1.29, 1.82) is 0 Å². The number of anilines is 1. The standard InChI is InChI=1S/C11H10F3N3O4/c12-11(13,14)7-2-1-6(5-15-7)16-10(21)17-8(18)3-4-9(19)20/h1-2,5H,3-4H2,(H,19,20)(H2,16,17,18,21). The molecule has 0 atom stereocenters. The van der Waals surface area contributed by atoms with Crippen LogP contribution in [0.3, 0.4) is 0 Å². The number of carboxylic acid groups (broad SMARTS) is 1. The fourth-order valence-corrected chi connectivity index (χ4v) is 1.21. The van der Waals surface area contributed by atoms with E-state index in [2.05, 4.69) is 10.3 Å². The van der Waals surface area contributed by atoms with Gasteiger partial charge in [0.2, 0.25) is 5.91 Å². The number of carboxylic acids is 1. The Morgan fingerprint density at radius 2 is 1.86 bits per heavy atom. The van der Waals surface area contributed by atoms with Crippen molar-refractivity contribution in [3.05, 3.63) is 24.0 Å². The second-order valence-corrected chi connectivity index (χ2v) is 3.83. The number of amides is 3. The number of nitrogens with zero attached hydrogens (tertiary/aromatic N) is 1. The van der Waals surface area contributed by atoms with Crippen LogP contribution in [0.5, 0.6) is 0 Å². The number of hydrogen-bond donors (Lipinski definition) is 3. The maximum Gasteiger partial charge on any atom is 0.433 e. The van der Waals surface area contributed by atoms with Gasteiger partial charge in [-0.25, -0.2) is 9.78 Å². The van der Waals surface area contributed by atoms with Crippen molar-refractivity contribution in [2.24, 2.45) is 0 Å². The summed E-state index contributed by atoms with van der Waals surface area (Å²) in [5, 5.41) is 12.3. The molecule has 0 radical (unpaired) electrons. The normalized spacial score (nSPS) is 10.8. The molecule has 7 nitrogen and oxygen atoms in total. The number of aromatic nitrogens is 1. The molecule has 1 aromatic heterocycles. The number of aliphatic carboxylic acids is 1. The van der Waals surface area contributed by atoms with Crippen molar-refractivity contribution < 1.29 is 32.7 Å². The highest BCUT2D eigenvalue weighted by Gasteiger charge is 2.32. The first-order valence-electron chi connectivity index (χ1n) is 5.54. The van der Waals surface area contributed by atoms with E-state index >= 15 is 0 Å². The van der Waals surface area contributed by atoms with Gasteiger partial charge in [-0.1, -0.05) is 0 Å². The van der Waals surface area contributed by atoms with E-state index in [-0.39, 0.29) is 5.69 Å². The zero-order valence-electron chi connectivity index (χ0n) is 10.4. The molecule has 21 heavy (non-hydrogen) atoms. The number of nitrogens with one attached hydrogen (secondary N) is 2. The van der Waals surface area contributed by atoms with Crippen molar-refractivity contribution in [1.82, 2.24) is 10.3 Å². The molecule has 0 saturated carbocycles. The largest absolute Gasteiger partial charge is 0.481 e.